The highest BCUT2D eigenvalue weighted by Crippen LogP contribution is 2.29. The number of carboxylic acid groups (broad SMARTS) is 1. The van der Waals surface area contributed by atoms with Gasteiger partial charge in [-0.25, -0.2) is 4.79 Å². The van der Waals surface area contributed by atoms with Gasteiger partial charge in [0.15, 0.2) is 0 Å². The van der Waals surface area contributed by atoms with Crippen molar-refractivity contribution < 1.29 is 14.3 Å². The van der Waals surface area contributed by atoms with E-state index in [-0.39, 0.29) is 5.57 Å². The molecule has 0 unspecified atom stereocenters. The smallest absolute Gasteiger partial charge is 0.335 e. The Morgan fingerprint density at radius 3 is 2.50 bits per heavy atom. The Morgan fingerprint density at radius 2 is 1.88 bits per heavy atom. The minimum atomic E-state index is -1.04. The van der Waals surface area contributed by atoms with E-state index in [9.17, 15) is 4.79 Å². The number of carboxylic acids is 1. The van der Waals surface area contributed by atoms with Crippen molar-refractivity contribution >= 4 is 11.5 Å². The fraction of sp³-hybridized carbons (Fsp3) is 0. The third-order valence-electron chi connectivity index (χ3n) is 2.28. The first-order valence-electron chi connectivity index (χ1n) is 4.75. The van der Waals surface area contributed by atoms with Gasteiger partial charge in [0.2, 0.25) is 0 Å². The van der Waals surface area contributed by atoms with Crippen molar-refractivity contribution in [1.82, 2.24) is 0 Å². The highest BCUT2D eigenvalue weighted by Gasteiger charge is 2.15. The van der Waals surface area contributed by atoms with Crippen LogP contribution in [-0.4, -0.2) is 11.1 Å². The summed E-state index contributed by atoms with van der Waals surface area (Å²) in [7, 11) is 0. The number of benzene rings is 1. The molecule has 0 fully saturated rings. The molecule has 3 nitrogen and oxygen atoms in total. The SMILES string of the molecule is C=C(C(=O)O)c1ccoc1-c1ccccc1. The molecule has 80 valence electrons. The first-order chi connectivity index (χ1) is 7.70. The van der Waals surface area contributed by atoms with Gasteiger partial charge < -0.3 is 9.52 Å². The van der Waals surface area contributed by atoms with Crippen LogP contribution in [0, 0.1) is 0 Å². The van der Waals surface area contributed by atoms with Crippen LogP contribution < -0.4 is 0 Å². The summed E-state index contributed by atoms with van der Waals surface area (Å²) < 4.78 is 5.30. The van der Waals surface area contributed by atoms with Gasteiger partial charge in [0.25, 0.3) is 0 Å². The molecule has 0 aliphatic heterocycles. The summed E-state index contributed by atoms with van der Waals surface area (Å²) in [4.78, 5) is 10.8. The Balaban J connectivity index is 2.48. The largest absolute Gasteiger partial charge is 0.478 e. The van der Waals surface area contributed by atoms with Crippen LogP contribution in [0.3, 0.4) is 0 Å². The van der Waals surface area contributed by atoms with Gasteiger partial charge in [-0.05, 0) is 6.07 Å². The molecule has 1 heterocycles. The van der Waals surface area contributed by atoms with Crippen LogP contribution in [0.2, 0.25) is 0 Å². The van der Waals surface area contributed by atoms with E-state index in [1.807, 2.05) is 30.3 Å². The fourth-order valence-corrected chi connectivity index (χ4v) is 1.48. The Labute approximate surface area is 92.6 Å². The molecule has 0 amide bonds. The number of furan rings is 1. The summed E-state index contributed by atoms with van der Waals surface area (Å²) in [5.74, 6) is -0.508. The summed E-state index contributed by atoms with van der Waals surface area (Å²) >= 11 is 0. The third-order valence-corrected chi connectivity index (χ3v) is 2.28. The average Bonchev–Trinajstić information content (AvgIpc) is 2.77. The summed E-state index contributed by atoms with van der Waals surface area (Å²) in [6.45, 7) is 3.52. The lowest BCUT2D eigenvalue weighted by molar-refractivity contribution is -0.130. The van der Waals surface area contributed by atoms with Gasteiger partial charge in [0, 0.05) is 11.1 Å². The van der Waals surface area contributed by atoms with E-state index >= 15 is 0 Å². The highest BCUT2D eigenvalue weighted by atomic mass is 16.4. The van der Waals surface area contributed by atoms with E-state index < -0.39 is 5.97 Å². The minimum Gasteiger partial charge on any atom is -0.478 e. The van der Waals surface area contributed by atoms with Gasteiger partial charge in [-0.15, -0.1) is 0 Å². The van der Waals surface area contributed by atoms with Crippen molar-refractivity contribution in [2.45, 2.75) is 0 Å². The van der Waals surface area contributed by atoms with Crippen LogP contribution in [0.1, 0.15) is 5.56 Å². The maximum atomic E-state index is 10.8. The number of aliphatic carboxylic acids is 1. The van der Waals surface area contributed by atoms with Gasteiger partial charge in [0.1, 0.15) is 5.76 Å². The zero-order valence-corrected chi connectivity index (χ0v) is 8.51. The molecule has 0 bridgehead atoms. The van der Waals surface area contributed by atoms with E-state index in [0.29, 0.717) is 11.3 Å². The quantitative estimate of drug-likeness (QED) is 0.799. The van der Waals surface area contributed by atoms with Crippen LogP contribution in [0.4, 0.5) is 0 Å². The van der Waals surface area contributed by atoms with Gasteiger partial charge >= 0.3 is 5.97 Å². The van der Waals surface area contributed by atoms with Crippen molar-refractivity contribution in [3.8, 4) is 11.3 Å². The molecular formula is C13H10O3. The van der Waals surface area contributed by atoms with Crippen LogP contribution in [0.15, 0.2) is 53.7 Å². The molecule has 0 saturated carbocycles. The standard InChI is InChI=1S/C13H10O3/c1-9(13(14)15)11-7-8-16-12(11)10-5-3-2-4-6-10/h2-8H,1H2,(H,14,15). The van der Waals surface area contributed by atoms with E-state index in [1.54, 1.807) is 6.07 Å². The molecule has 16 heavy (non-hydrogen) atoms. The van der Waals surface area contributed by atoms with Crippen LogP contribution in [-0.2, 0) is 4.79 Å². The van der Waals surface area contributed by atoms with Crippen molar-refractivity contribution in [1.29, 1.82) is 0 Å². The van der Waals surface area contributed by atoms with Gasteiger partial charge in [-0.3, -0.25) is 0 Å². The normalized spacial score (nSPS) is 10.0. The molecule has 2 aromatic rings. The Bertz CT molecular complexity index is 523. The Morgan fingerprint density at radius 1 is 1.19 bits per heavy atom. The topological polar surface area (TPSA) is 50.4 Å². The Hall–Kier alpha value is -2.29. The van der Waals surface area contributed by atoms with E-state index in [2.05, 4.69) is 6.58 Å². The highest BCUT2D eigenvalue weighted by molar-refractivity contribution is 6.16. The first kappa shape index (κ1) is 10.2. The van der Waals surface area contributed by atoms with Gasteiger partial charge in [-0.1, -0.05) is 36.9 Å². The average molecular weight is 214 g/mol. The lowest BCUT2D eigenvalue weighted by Gasteiger charge is -2.01. The van der Waals surface area contributed by atoms with Crippen molar-refractivity contribution in [2.24, 2.45) is 0 Å². The molecular weight excluding hydrogens is 204 g/mol. The lowest BCUT2D eigenvalue weighted by Crippen LogP contribution is -1.97. The minimum absolute atomic E-state index is 0.0348. The van der Waals surface area contributed by atoms with Crippen LogP contribution >= 0.6 is 0 Å². The Kier molecular flexibility index (Phi) is 2.60. The molecule has 0 radical (unpaired) electrons. The van der Waals surface area contributed by atoms with E-state index in [0.717, 1.165) is 5.56 Å². The number of hydrogen-bond acceptors (Lipinski definition) is 2. The summed E-state index contributed by atoms with van der Waals surface area (Å²) in [5.41, 5.74) is 1.39. The van der Waals surface area contributed by atoms with E-state index in [1.165, 1.54) is 6.26 Å². The van der Waals surface area contributed by atoms with Crippen LogP contribution in [0.5, 0.6) is 0 Å². The monoisotopic (exact) mass is 214 g/mol. The number of hydrogen-bond donors (Lipinski definition) is 1. The first-order valence-corrected chi connectivity index (χ1v) is 4.75. The third kappa shape index (κ3) is 1.75. The molecule has 1 aromatic heterocycles. The van der Waals surface area contributed by atoms with Gasteiger partial charge in [0.05, 0.1) is 11.8 Å². The number of carbonyl (C=O) groups is 1. The number of rotatable bonds is 3. The molecule has 0 spiro atoms. The zero-order chi connectivity index (χ0) is 11.5. The molecule has 3 heteroatoms. The second kappa shape index (κ2) is 4.06. The molecule has 2 rings (SSSR count). The summed E-state index contributed by atoms with van der Waals surface area (Å²) in [5, 5.41) is 8.88. The summed E-state index contributed by atoms with van der Waals surface area (Å²) in [6.07, 6.45) is 1.46. The van der Waals surface area contributed by atoms with E-state index in [4.69, 9.17) is 9.52 Å². The second-order valence-corrected chi connectivity index (χ2v) is 3.31. The maximum Gasteiger partial charge on any atom is 0.335 e. The fourth-order valence-electron chi connectivity index (χ4n) is 1.48. The molecule has 1 aromatic carbocycles. The molecule has 0 aliphatic rings. The zero-order valence-electron chi connectivity index (χ0n) is 8.51. The van der Waals surface area contributed by atoms with Gasteiger partial charge in [-0.2, -0.15) is 0 Å². The summed E-state index contributed by atoms with van der Waals surface area (Å²) in [6, 6.07) is 10.9. The molecule has 1 N–H and O–H groups in total. The second-order valence-electron chi connectivity index (χ2n) is 3.31. The molecule has 0 saturated heterocycles. The molecule has 0 atom stereocenters. The van der Waals surface area contributed by atoms with Crippen molar-refractivity contribution in [3.63, 3.8) is 0 Å². The van der Waals surface area contributed by atoms with Crippen LogP contribution in [0.25, 0.3) is 16.9 Å². The van der Waals surface area contributed by atoms with Crippen molar-refractivity contribution in [2.75, 3.05) is 0 Å². The lowest BCUT2D eigenvalue weighted by atomic mass is 10.0. The van der Waals surface area contributed by atoms with Crippen molar-refractivity contribution in [3.05, 3.63) is 54.8 Å². The predicted molar refractivity (Wildman–Crippen MR) is 60.8 cm³/mol. The maximum absolute atomic E-state index is 10.8. The predicted octanol–water partition coefficient (Wildman–Crippen LogP) is 3.04. The molecule has 0 aliphatic carbocycles.